The maximum absolute atomic E-state index is 3.73. The van der Waals surface area contributed by atoms with Gasteiger partial charge >= 0.3 is 0 Å². The molecular weight excluding hydrogens is 200 g/mol. The maximum atomic E-state index is 3.73. The molecule has 0 unspecified atom stereocenters. The molecular formula is C14H22S. The van der Waals surface area contributed by atoms with E-state index in [0.29, 0.717) is 0 Å². The average Bonchev–Trinajstić information content (AvgIpc) is 2.29. The van der Waals surface area contributed by atoms with E-state index in [1.165, 1.54) is 16.9 Å². The minimum Gasteiger partial charge on any atom is -0.129 e. The van der Waals surface area contributed by atoms with Crippen LogP contribution in [0.1, 0.15) is 32.8 Å². The van der Waals surface area contributed by atoms with Gasteiger partial charge in [0.15, 0.2) is 0 Å². The van der Waals surface area contributed by atoms with Gasteiger partial charge in [0.25, 0.3) is 0 Å². The highest BCUT2D eigenvalue weighted by Crippen LogP contribution is 2.19. The predicted molar refractivity (Wildman–Crippen MR) is 73.4 cm³/mol. The molecule has 0 N–H and O–H groups in total. The molecule has 0 aliphatic rings. The molecule has 0 radical (unpaired) electrons. The lowest BCUT2D eigenvalue weighted by atomic mass is 10.2. The first-order chi connectivity index (χ1) is 7.15. The Morgan fingerprint density at radius 1 is 1.33 bits per heavy atom. The van der Waals surface area contributed by atoms with Gasteiger partial charge in [-0.3, -0.25) is 0 Å². The highest BCUT2D eigenvalue weighted by Gasteiger charge is 1.92. The van der Waals surface area contributed by atoms with Crippen LogP contribution < -0.4 is 0 Å². The van der Waals surface area contributed by atoms with E-state index in [2.05, 4.69) is 45.7 Å². The Labute approximate surface area is 98.8 Å². The zero-order chi connectivity index (χ0) is 11.7. The van der Waals surface area contributed by atoms with Gasteiger partial charge < -0.3 is 0 Å². The summed E-state index contributed by atoms with van der Waals surface area (Å²) in [5, 5.41) is 0. The Hall–Kier alpha value is -0.690. The largest absolute Gasteiger partial charge is 0.129 e. The molecule has 1 heteroatoms. The van der Waals surface area contributed by atoms with Crippen molar-refractivity contribution >= 4 is 17.8 Å². The topological polar surface area (TPSA) is 0 Å². The Balaban J connectivity index is 0.000000336. The summed E-state index contributed by atoms with van der Waals surface area (Å²) in [7, 11) is 0. The minimum atomic E-state index is 0.884. The van der Waals surface area contributed by atoms with E-state index in [9.17, 15) is 0 Å². The lowest BCUT2D eigenvalue weighted by molar-refractivity contribution is 0.626. The van der Waals surface area contributed by atoms with Crippen molar-refractivity contribution in [3.05, 3.63) is 36.4 Å². The number of hydrogen-bond donors (Lipinski definition) is 0. The Morgan fingerprint density at radius 3 is 2.20 bits per heavy atom. The van der Waals surface area contributed by atoms with E-state index in [1.807, 2.05) is 18.2 Å². The van der Waals surface area contributed by atoms with Crippen LogP contribution in [0.2, 0.25) is 0 Å². The second-order valence-electron chi connectivity index (χ2n) is 3.75. The molecule has 0 saturated carbocycles. The van der Waals surface area contributed by atoms with Crippen molar-refractivity contribution < 1.29 is 0 Å². The van der Waals surface area contributed by atoms with Crippen molar-refractivity contribution in [2.75, 3.05) is 6.26 Å². The molecule has 0 bridgehead atoms. The van der Waals surface area contributed by atoms with Gasteiger partial charge in [-0.05, 0) is 23.8 Å². The number of benzene rings is 1. The fourth-order valence-corrected chi connectivity index (χ4v) is 1.44. The highest BCUT2D eigenvalue weighted by molar-refractivity contribution is 7.98. The summed E-state index contributed by atoms with van der Waals surface area (Å²) in [5.74, 6) is 0.884. The van der Waals surface area contributed by atoms with Crippen LogP contribution in [-0.4, -0.2) is 6.26 Å². The maximum Gasteiger partial charge on any atom is 0.0141 e. The van der Waals surface area contributed by atoms with E-state index >= 15 is 0 Å². The van der Waals surface area contributed by atoms with Gasteiger partial charge in [0.1, 0.15) is 0 Å². The van der Waals surface area contributed by atoms with Gasteiger partial charge in [0.2, 0.25) is 0 Å². The van der Waals surface area contributed by atoms with Gasteiger partial charge in [-0.1, -0.05) is 58.0 Å². The standard InChI is InChI=1S/C9H10S.C5H12/c1-3-8-6-4-5-7-9(8)10-2;1-4-5(2)3/h3-7H,1H2,2H3;5H,4H2,1-3H3. The molecule has 0 amide bonds. The SMILES string of the molecule is C=Cc1ccccc1SC.CCC(C)C. The summed E-state index contributed by atoms with van der Waals surface area (Å²) >= 11 is 1.75. The van der Waals surface area contributed by atoms with Crippen LogP contribution in [0.5, 0.6) is 0 Å². The molecule has 1 aromatic carbocycles. The van der Waals surface area contributed by atoms with E-state index in [-0.39, 0.29) is 0 Å². The van der Waals surface area contributed by atoms with Crippen molar-refractivity contribution in [2.24, 2.45) is 5.92 Å². The second-order valence-corrected chi connectivity index (χ2v) is 4.60. The van der Waals surface area contributed by atoms with Gasteiger partial charge in [-0.25, -0.2) is 0 Å². The predicted octanol–water partition coefficient (Wildman–Crippen LogP) is 5.10. The monoisotopic (exact) mass is 222 g/mol. The summed E-state index contributed by atoms with van der Waals surface area (Å²) in [6, 6.07) is 8.23. The Morgan fingerprint density at radius 2 is 1.87 bits per heavy atom. The molecule has 0 heterocycles. The molecule has 84 valence electrons. The smallest absolute Gasteiger partial charge is 0.0141 e. The third kappa shape index (κ3) is 6.40. The zero-order valence-electron chi connectivity index (χ0n) is 10.3. The van der Waals surface area contributed by atoms with Gasteiger partial charge in [-0.15, -0.1) is 11.8 Å². The average molecular weight is 222 g/mol. The van der Waals surface area contributed by atoms with Gasteiger partial charge in [-0.2, -0.15) is 0 Å². The van der Waals surface area contributed by atoms with Crippen molar-refractivity contribution in [3.8, 4) is 0 Å². The number of rotatable bonds is 3. The molecule has 0 saturated heterocycles. The van der Waals surface area contributed by atoms with Crippen LogP contribution in [-0.2, 0) is 0 Å². The molecule has 1 rings (SSSR count). The first-order valence-electron chi connectivity index (χ1n) is 5.41. The summed E-state index contributed by atoms with van der Waals surface area (Å²) in [6.07, 6.45) is 5.26. The molecule has 0 spiro atoms. The fraction of sp³-hybridized carbons (Fsp3) is 0.429. The van der Waals surface area contributed by atoms with E-state index in [4.69, 9.17) is 0 Å². The highest BCUT2D eigenvalue weighted by atomic mass is 32.2. The molecule has 0 nitrogen and oxygen atoms in total. The quantitative estimate of drug-likeness (QED) is 0.641. The summed E-state index contributed by atoms with van der Waals surface area (Å²) in [6.45, 7) is 10.4. The van der Waals surface area contributed by atoms with Crippen LogP contribution in [0, 0.1) is 5.92 Å². The molecule has 0 atom stereocenters. The van der Waals surface area contributed by atoms with Gasteiger partial charge in [0.05, 0.1) is 0 Å². The third-order valence-electron chi connectivity index (χ3n) is 2.18. The fourth-order valence-electron chi connectivity index (χ4n) is 0.835. The molecule has 15 heavy (non-hydrogen) atoms. The Kier molecular flexibility index (Phi) is 8.21. The van der Waals surface area contributed by atoms with Crippen LogP contribution in [0.4, 0.5) is 0 Å². The third-order valence-corrected chi connectivity index (χ3v) is 2.99. The van der Waals surface area contributed by atoms with Crippen molar-refractivity contribution in [3.63, 3.8) is 0 Å². The normalized spacial score (nSPS) is 9.40. The van der Waals surface area contributed by atoms with Gasteiger partial charge in [0, 0.05) is 4.90 Å². The number of thioether (sulfide) groups is 1. The first kappa shape index (κ1) is 14.3. The minimum absolute atomic E-state index is 0.884. The second kappa shape index (κ2) is 8.60. The Bertz CT molecular complexity index is 276. The lowest BCUT2D eigenvalue weighted by Gasteiger charge is -1.99. The van der Waals surface area contributed by atoms with E-state index in [0.717, 1.165) is 5.92 Å². The van der Waals surface area contributed by atoms with Crippen LogP contribution in [0.25, 0.3) is 6.08 Å². The van der Waals surface area contributed by atoms with E-state index in [1.54, 1.807) is 11.8 Å². The van der Waals surface area contributed by atoms with Crippen molar-refractivity contribution in [1.82, 2.24) is 0 Å². The van der Waals surface area contributed by atoms with Crippen LogP contribution in [0.15, 0.2) is 35.7 Å². The first-order valence-corrected chi connectivity index (χ1v) is 6.63. The van der Waals surface area contributed by atoms with Crippen LogP contribution in [0.3, 0.4) is 0 Å². The summed E-state index contributed by atoms with van der Waals surface area (Å²) < 4.78 is 0. The molecule has 0 fully saturated rings. The zero-order valence-corrected chi connectivity index (χ0v) is 11.1. The van der Waals surface area contributed by atoms with Crippen LogP contribution >= 0.6 is 11.8 Å². The molecule has 0 aliphatic heterocycles. The van der Waals surface area contributed by atoms with Crippen molar-refractivity contribution in [2.45, 2.75) is 32.1 Å². The summed E-state index contributed by atoms with van der Waals surface area (Å²) in [4.78, 5) is 1.29. The van der Waals surface area contributed by atoms with Crippen molar-refractivity contribution in [1.29, 1.82) is 0 Å². The summed E-state index contributed by atoms with van der Waals surface area (Å²) in [5.41, 5.74) is 1.22. The molecule has 0 aliphatic carbocycles. The number of hydrogen-bond acceptors (Lipinski definition) is 1. The lowest BCUT2D eigenvalue weighted by Crippen LogP contribution is -1.77. The molecule has 0 aromatic heterocycles. The van der Waals surface area contributed by atoms with E-state index < -0.39 is 0 Å². The molecule has 1 aromatic rings.